The first-order chi connectivity index (χ1) is 17.9. The molecule has 0 saturated carbocycles. The Labute approximate surface area is 222 Å². The number of morpholine rings is 1. The molecule has 0 spiro atoms. The fourth-order valence-electron chi connectivity index (χ4n) is 4.80. The maximum absolute atomic E-state index is 13.6. The van der Waals surface area contributed by atoms with Crippen LogP contribution in [0.5, 0.6) is 11.5 Å². The van der Waals surface area contributed by atoms with Gasteiger partial charge in [0.1, 0.15) is 15.8 Å². The number of ether oxygens (including phenoxy) is 3. The molecule has 1 amide bonds. The molecular formula is C26H24N4O5S2. The van der Waals surface area contributed by atoms with Gasteiger partial charge in [-0.05, 0) is 49.8 Å². The Hall–Kier alpha value is -3.41. The van der Waals surface area contributed by atoms with Crippen molar-refractivity contribution in [2.45, 2.75) is 32.6 Å². The number of anilines is 1. The molecule has 6 rings (SSSR count). The van der Waals surface area contributed by atoms with Gasteiger partial charge in [0.25, 0.3) is 11.5 Å². The third kappa shape index (κ3) is 4.47. The number of amides is 1. The quantitative estimate of drug-likeness (QED) is 0.368. The summed E-state index contributed by atoms with van der Waals surface area (Å²) in [5, 5.41) is 0. The number of rotatable bonds is 4. The van der Waals surface area contributed by atoms with Crippen LogP contribution < -0.4 is 19.9 Å². The molecular weight excluding hydrogens is 512 g/mol. The van der Waals surface area contributed by atoms with Crippen LogP contribution in [0.1, 0.15) is 25.0 Å². The van der Waals surface area contributed by atoms with Gasteiger partial charge in [-0.25, -0.2) is 4.98 Å². The lowest BCUT2D eigenvalue weighted by molar-refractivity contribution is -0.122. The summed E-state index contributed by atoms with van der Waals surface area (Å²) in [7, 11) is 0. The van der Waals surface area contributed by atoms with E-state index in [0.29, 0.717) is 57.4 Å². The largest absolute Gasteiger partial charge is 0.454 e. The van der Waals surface area contributed by atoms with Gasteiger partial charge < -0.3 is 19.1 Å². The number of nitrogens with zero attached hydrogens (tertiary/aromatic N) is 4. The van der Waals surface area contributed by atoms with Gasteiger partial charge in [-0.15, -0.1) is 0 Å². The molecule has 190 valence electrons. The van der Waals surface area contributed by atoms with Crippen molar-refractivity contribution in [3.63, 3.8) is 0 Å². The minimum absolute atomic E-state index is 0.0208. The van der Waals surface area contributed by atoms with E-state index in [9.17, 15) is 9.59 Å². The summed E-state index contributed by atoms with van der Waals surface area (Å²) in [5.41, 5.74) is 1.52. The van der Waals surface area contributed by atoms with Crippen LogP contribution in [0, 0.1) is 0 Å². The average molecular weight is 537 g/mol. The molecule has 37 heavy (non-hydrogen) atoms. The van der Waals surface area contributed by atoms with Crippen molar-refractivity contribution in [1.82, 2.24) is 14.3 Å². The summed E-state index contributed by atoms with van der Waals surface area (Å²) in [4.78, 5) is 35.9. The number of benzene rings is 1. The van der Waals surface area contributed by atoms with Crippen LogP contribution in [-0.2, 0) is 16.1 Å². The zero-order chi connectivity index (χ0) is 25.7. The number of fused-ring (bicyclic) bond motifs is 2. The van der Waals surface area contributed by atoms with Crippen molar-refractivity contribution in [3.05, 3.63) is 69.0 Å². The summed E-state index contributed by atoms with van der Waals surface area (Å²) in [6.45, 7) is 5.65. The molecule has 3 aliphatic rings. The highest BCUT2D eigenvalue weighted by Gasteiger charge is 2.34. The summed E-state index contributed by atoms with van der Waals surface area (Å²) in [5.74, 6) is 1.61. The van der Waals surface area contributed by atoms with E-state index in [4.69, 9.17) is 31.4 Å². The monoisotopic (exact) mass is 536 g/mol. The number of pyridine rings is 1. The molecule has 2 atom stereocenters. The van der Waals surface area contributed by atoms with Crippen LogP contribution in [0.2, 0.25) is 0 Å². The first-order valence-electron chi connectivity index (χ1n) is 11.9. The third-order valence-electron chi connectivity index (χ3n) is 6.39. The SMILES string of the molecule is C[C@@H]1CN(c2nc3ccccn3c(=O)c2/C=C2\SC(=S)N(Cc3ccc4c(c3)OCO4)C2=O)C[C@@H](C)O1. The van der Waals surface area contributed by atoms with Gasteiger partial charge in [-0.1, -0.05) is 36.1 Å². The van der Waals surface area contributed by atoms with E-state index >= 15 is 0 Å². The van der Waals surface area contributed by atoms with Gasteiger partial charge in [0, 0.05) is 19.3 Å². The second-order valence-corrected chi connectivity index (χ2v) is 10.9. The summed E-state index contributed by atoms with van der Waals surface area (Å²) >= 11 is 6.74. The molecule has 5 heterocycles. The molecule has 9 nitrogen and oxygen atoms in total. The number of carbonyl (C=O) groups excluding carboxylic acids is 1. The number of aromatic nitrogens is 2. The number of thiocarbonyl (C=S) groups is 1. The minimum Gasteiger partial charge on any atom is -0.454 e. The van der Waals surface area contributed by atoms with Crippen molar-refractivity contribution in [3.8, 4) is 11.5 Å². The lowest BCUT2D eigenvalue weighted by atomic mass is 10.1. The van der Waals surface area contributed by atoms with E-state index in [1.54, 1.807) is 24.4 Å². The van der Waals surface area contributed by atoms with Crippen molar-refractivity contribution in [2.75, 3.05) is 24.8 Å². The zero-order valence-corrected chi connectivity index (χ0v) is 21.9. The van der Waals surface area contributed by atoms with E-state index < -0.39 is 0 Å². The smallest absolute Gasteiger partial charge is 0.267 e. The number of carbonyl (C=O) groups is 1. The zero-order valence-electron chi connectivity index (χ0n) is 20.2. The van der Waals surface area contributed by atoms with Gasteiger partial charge in [-0.3, -0.25) is 18.9 Å². The Morgan fingerprint density at radius 1 is 1.11 bits per heavy atom. The topological polar surface area (TPSA) is 85.6 Å². The number of hydrogen-bond donors (Lipinski definition) is 0. The first kappa shape index (κ1) is 24.0. The highest BCUT2D eigenvalue weighted by molar-refractivity contribution is 8.26. The Kier molecular flexibility index (Phi) is 6.13. The molecule has 0 N–H and O–H groups in total. The second-order valence-electron chi connectivity index (χ2n) is 9.20. The van der Waals surface area contributed by atoms with Gasteiger partial charge in [0.05, 0.1) is 29.2 Å². The maximum atomic E-state index is 13.6. The standard InChI is InChI=1S/C26H24N4O5S2/c1-15-11-28(12-16(2)35-15)23-18(24(31)29-8-4-3-5-22(29)27-23)10-21-25(32)30(26(36)37-21)13-17-6-7-19-20(9-17)34-14-33-19/h3-10,15-16H,11-14H2,1-2H3/b21-10-/t15-,16-/m1/s1. The molecule has 0 unspecified atom stereocenters. The third-order valence-corrected chi connectivity index (χ3v) is 7.77. The van der Waals surface area contributed by atoms with Crippen LogP contribution in [-0.4, -0.2) is 56.6 Å². The molecule has 3 aliphatic heterocycles. The minimum atomic E-state index is -0.250. The highest BCUT2D eigenvalue weighted by atomic mass is 32.2. The van der Waals surface area contributed by atoms with Gasteiger partial charge >= 0.3 is 0 Å². The molecule has 1 aromatic carbocycles. The Morgan fingerprint density at radius 2 is 1.89 bits per heavy atom. The van der Waals surface area contributed by atoms with E-state index in [0.717, 1.165) is 5.56 Å². The molecule has 2 aromatic heterocycles. The van der Waals surface area contributed by atoms with Crippen molar-refractivity contribution in [1.29, 1.82) is 0 Å². The second kappa shape index (κ2) is 9.47. The number of thioether (sulfide) groups is 1. The molecule has 11 heteroatoms. The lowest BCUT2D eigenvalue weighted by Crippen LogP contribution is -2.46. The van der Waals surface area contributed by atoms with Crippen LogP contribution in [0.3, 0.4) is 0 Å². The van der Waals surface area contributed by atoms with Crippen LogP contribution in [0.15, 0.2) is 52.3 Å². The van der Waals surface area contributed by atoms with Crippen LogP contribution >= 0.6 is 24.0 Å². The molecule has 3 aromatic rings. The lowest BCUT2D eigenvalue weighted by Gasteiger charge is -2.36. The molecule has 2 fully saturated rings. The Bertz CT molecular complexity index is 1510. The van der Waals surface area contributed by atoms with Crippen LogP contribution in [0.25, 0.3) is 11.7 Å². The van der Waals surface area contributed by atoms with Crippen molar-refractivity contribution < 1.29 is 19.0 Å². The summed E-state index contributed by atoms with van der Waals surface area (Å²) in [6, 6.07) is 11.0. The van der Waals surface area contributed by atoms with Gasteiger partial charge in [0.2, 0.25) is 6.79 Å². The fraction of sp³-hybridized carbons (Fsp3) is 0.308. The molecule has 0 aliphatic carbocycles. The first-order valence-corrected chi connectivity index (χ1v) is 13.2. The van der Waals surface area contributed by atoms with E-state index in [1.165, 1.54) is 21.1 Å². The van der Waals surface area contributed by atoms with E-state index in [1.807, 2.05) is 38.1 Å². The molecule has 0 radical (unpaired) electrons. The van der Waals surface area contributed by atoms with Gasteiger partial charge in [0.15, 0.2) is 11.5 Å². The highest BCUT2D eigenvalue weighted by Crippen LogP contribution is 2.37. The molecule has 0 bridgehead atoms. The normalized spacial score (nSPS) is 22.5. The van der Waals surface area contributed by atoms with Gasteiger partial charge in [-0.2, -0.15) is 0 Å². The summed E-state index contributed by atoms with van der Waals surface area (Å²) < 4.78 is 18.6. The Morgan fingerprint density at radius 3 is 2.70 bits per heavy atom. The molecule has 2 saturated heterocycles. The maximum Gasteiger partial charge on any atom is 0.267 e. The van der Waals surface area contributed by atoms with E-state index in [-0.39, 0.29) is 30.5 Å². The predicted octanol–water partition coefficient (Wildman–Crippen LogP) is 3.44. The fourth-order valence-corrected chi connectivity index (χ4v) is 6.04. The van der Waals surface area contributed by atoms with Crippen molar-refractivity contribution in [2.24, 2.45) is 0 Å². The number of hydrogen-bond acceptors (Lipinski definition) is 9. The van der Waals surface area contributed by atoms with Crippen LogP contribution in [0.4, 0.5) is 5.82 Å². The van der Waals surface area contributed by atoms with E-state index in [2.05, 4.69) is 4.90 Å². The Balaban J connectivity index is 1.37. The summed E-state index contributed by atoms with van der Waals surface area (Å²) in [6.07, 6.45) is 3.27. The average Bonchev–Trinajstić information content (AvgIpc) is 3.44. The van der Waals surface area contributed by atoms with Crippen molar-refractivity contribution >= 4 is 51.7 Å². The predicted molar refractivity (Wildman–Crippen MR) is 145 cm³/mol.